The number of anilines is 1. The average Bonchev–Trinajstić information content (AvgIpc) is 3.59. The fraction of sp³-hybridized carbons (Fsp3) is 0.417. The molecule has 1 aliphatic carbocycles. The summed E-state index contributed by atoms with van der Waals surface area (Å²) < 4.78 is 19.5. The summed E-state index contributed by atoms with van der Waals surface area (Å²) in [5, 5.41) is 9.42. The predicted octanol–water partition coefficient (Wildman–Crippen LogP) is 3.74. The van der Waals surface area contributed by atoms with Gasteiger partial charge in [-0.1, -0.05) is 18.2 Å². The second-order valence-corrected chi connectivity index (χ2v) is 7.88. The first-order chi connectivity index (χ1) is 15.0. The van der Waals surface area contributed by atoms with E-state index in [-0.39, 0.29) is 23.7 Å². The van der Waals surface area contributed by atoms with Crippen LogP contribution < -0.4 is 20.7 Å². The van der Waals surface area contributed by atoms with E-state index in [9.17, 15) is 9.18 Å². The van der Waals surface area contributed by atoms with Crippen LogP contribution in [0.3, 0.4) is 0 Å². The molecule has 1 saturated carbocycles. The van der Waals surface area contributed by atoms with E-state index in [4.69, 9.17) is 4.74 Å². The molecule has 3 rings (SSSR count). The van der Waals surface area contributed by atoms with Crippen LogP contribution in [-0.2, 0) is 11.2 Å². The van der Waals surface area contributed by atoms with Crippen LogP contribution in [0.15, 0.2) is 53.5 Å². The van der Waals surface area contributed by atoms with Gasteiger partial charge in [-0.25, -0.2) is 4.39 Å². The highest BCUT2D eigenvalue weighted by Crippen LogP contribution is 2.28. The Bertz CT molecular complexity index is 879. The maximum absolute atomic E-state index is 13.9. The molecule has 0 saturated heterocycles. The number of hydrogen-bond acceptors (Lipinski definition) is 3. The minimum absolute atomic E-state index is 0.113. The van der Waals surface area contributed by atoms with Crippen LogP contribution in [0.5, 0.6) is 5.75 Å². The minimum atomic E-state index is -0.219. The fourth-order valence-corrected chi connectivity index (χ4v) is 3.01. The van der Waals surface area contributed by atoms with Crippen molar-refractivity contribution in [2.75, 3.05) is 25.0 Å². The topological polar surface area (TPSA) is 74.8 Å². The highest BCUT2D eigenvalue weighted by molar-refractivity contribution is 5.93. The molecule has 166 valence electrons. The summed E-state index contributed by atoms with van der Waals surface area (Å²) in [6.07, 6.45) is 2.58. The molecule has 2 aromatic carbocycles. The van der Waals surface area contributed by atoms with Gasteiger partial charge in [-0.2, -0.15) is 0 Å². The van der Waals surface area contributed by atoms with Gasteiger partial charge in [0.25, 0.3) is 0 Å². The van der Waals surface area contributed by atoms with Gasteiger partial charge in [0.05, 0.1) is 6.10 Å². The molecule has 0 unspecified atom stereocenters. The van der Waals surface area contributed by atoms with E-state index >= 15 is 0 Å². The second-order valence-electron chi connectivity index (χ2n) is 7.88. The molecule has 0 aliphatic heterocycles. The monoisotopic (exact) mass is 426 g/mol. The molecular weight excluding hydrogens is 395 g/mol. The predicted molar refractivity (Wildman–Crippen MR) is 122 cm³/mol. The van der Waals surface area contributed by atoms with E-state index in [0.29, 0.717) is 37.6 Å². The summed E-state index contributed by atoms with van der Waals surface area (Å²) in [5.41, 5.74) is 1.49. The van der Waals surface area contributed by atoms with Gasteiger partial charge >= 0.3 is 0 Å². The van der Waals surface area contributed by atoms with E-state index in [1.54, 1.807) is 12.1 Å². The fourth-order valence-electron chi connectivity index (χ4n) is 3.01. The number of carbonyl (C=O) groups is 1. The van der Waals surface area contributed by atoms with Crippen molar-refractivity contribution >= 4 is 17.6 Å². The summed E-state index contributed by atoms with van der Waals surface area (Å²) in [5.74, 6) is 1.47. The second kappa shape index (κ2) is 11.3. The lowest BCUT2D eigenvalue weighted by atomic mass is 10.1. The standard InChI is InChI=1S/C24H31FN4O2/c1-17(2)31-21-11-9-20(10-12-21)29-24(28-16-15-26-23(30)19-7-8-19)27-14-13-18-5-3-4-6-22(18)25/h3-6,9-12,17,19H,7-8,13-16H2,1-2H3,(H,26,30)(H2,27,28,29). The van der Waals surface area contributed by atoms with Crippen LogP contribution in [0.2, 0.25) is 0 Å². The Morgan fingerprint density at radius 3 is 2.48 bits per heavy atom. The Morgan fingerprint density at radius 1 is 1.10 bits per heavy atom. The van der Waals surface area contributed by atoms with Gasteiger partial charge in [0.1, 0.15) is 11.6 Å². The van der Waals surface area contributed by atoms with Crippen LogP contribution in [-0.4, -0.2) is 37.6 Å². The summed E-state index contributed by atoms with van der Waals surface area (Å²) >= 11 is 0. The number of guanidine groups is 1. The van der Waals surface area contributed by atoms with Gasteiger partial charge < -0.3 is 20.7 Å². The molecule has 0 radical (unpaired) electrons. The van der Waals surface area contributed by atoms with Crippen LogP contribution in [0.25, 0.3) is 0 Å². The first-order valence-corrected chi connectivity index (χ1v) is 10.8. The highest BCUT2D eigenvalue weighted by atomic mass is 19.1. The number of aliphatic imine (C=N–C) groups is 1. The maximum Gasteiger partial charge on any atom is 0.223 e. The quantitative estimate of drug-likeness (QED) is 0.307. The Morgan fingerprint density at radius 2 is 1.81 bits per heavy atom. The van der Waals surface area contributed by atoms with Crippen LogP contribution in [0.1, 0.15) is 32.3 Å². The zero-order valence-corrected chi connectivity index (χ0v) is 18.2. The molecule has 1 aliphatic rings. The molecule has 0 aromatic heterocycles. The summed E-state index contributed by atoms with van der Waals surface area (Å²) in [4.78, 5) is 16.4. The highest BCUT2D eigenvalue weighted by Gasteiger charge is 2.28. The molecule has 31 heavy (non-hydrogen) atoms. The van der Waals surface area contributed by atoms with Crippen molar-refractivity contribution in [2.45, 2.75) is 39.2 Å². The number of nitrogens with one attached hydrogen (secondary N) is 3. The van der Waals surface area contributed by atoms with Crippen LogP contribution in [0.4, 0.5) is 10.1 Å². The van der Waals surface area contributed by atoms with Crippen molar-refractivity contribution in [2.24, 2.45) is 10.9 Å². The lowest BCUT2D eigenvalue weighted by Crippen LogP contribution is -2.38. The van der Waals surface area contributed by atoms with Crippen molar-refractivity contribution in [3.8, 4) is 5.75 Å². The van der Waals surface area contributed by atoms with Crippen molar-refractivity contribution in [3.63, 3.8) is 0 Å². The van der Waals surface area contributed by atoms with Crippen LogP contribution in [0, 0.1) is 11.7 Å². The third kappa shape index (κ3) is 7.92. The molecule has 0 atom stereocenters. The molecule has 1 fully saturated rings. The molecule has 6 nitrogen and oxygen atoms in total. The first kappa shape index (κ1) is 22.6. The van der Waals surface area contributed by atoms with Crippen molar-refractivity contribution < 1.29 is 13.9 Å². The molecule has 0 heterocycles. The largest absolute Gasteiger partial charge is 0.491 e. The van der Waals surface area contributed by atoms with Crippen LogP contribution >= 0.6 is 0 Å². The number of amides is 1. The molecule has 1 amide bonds. The number of carbonyl (C=O) groups excluding carboxylic acids is 1. The van der Waals surface area contributed by atoms with Crippen molar-refractivity contribution in [1.82, 2.24) is 10.6 Å². The zero-order chi connectivity index (χ0) is 22.1. The molecular formula is C24H31FN4O2. The number of hydrogen-bond donors (Lipinski definition) is 3. The maximum atomic E-state index is 13.9. The zero-order valence-electron chi connectivity index (χ0n) is 18.2. The van der Waals surface area contributed by atoms with Gasteiger partial charge in [0.15, 0.2) is 5.96 Å². The number of ether oxygens (including phenoxy) is 1. The number of halogens is 1. The van der Waals surface area contributed by atoms with Gasteiger partial charge in [0.2, 0.25) is 5.91 Å². The normalized spacial score (nSPS) is 13.7. The van der Waals surface area contributed by atoms with Gasteiger partial charge in [-0.05, 0) is 69.0 Å². The summed E-state index contributed by atoms with van der Waals surface area (Å²) in [6, 6.07) is 14.4. The number of benzene rings is 2. The van der Waals surface area contributed by atoms with Gasteiger partial charge in [0, 0.05) is 31.2 Å². The number of nitrogens with zero attached hydrogens (tertiary/aromatic N) is 1. The third-order valence-corrected chi connectivity index (χ3v) is 4.76. The molecule has 3 N–H and O–H groups in total. The first-order valence-electron chi connectivity index (χ1n) is 10.8. The third-order valence-electron chi connectivity index (χ3n) is 4.76. The lowest BCUT2D eigenvalue weighted by molar-refractivity contribution is -0.122. The smallest absolute Gasteiger partial charge is 0.223 e. The summed E-state index contributed by atoms with van der Waals surface area (Å²) in [6.45, 7) is 5.46. The van der Waals surface area contributed by atoms with E-state index < -0.39 is 0 Å². The Labute approximate surface area is 183 Å². The average molecular weight is 427 g/mol. The Balaban J connectivity index is 1.56. The molecule has 7 heteroatoms. The molecule has 0 spiro atoms. The van der Waals surface area contributed by atoms with Crippen molar-refractivity contribution in [1.29, 1.82) is 0 Å². The SMILES string of the molecule is CC(C)Oc1ccc(NC(=NCCc2ccccc2F)NCCNC(=O)C2CC2)cc1. The van der Waals surface area contributed by atoms with E-state index in [2.05, 4.69) is 20.9 Å². The van der Waals surface area contributed by atoms with Gasteiger partial charge in [-0.3, -0.25) is 9.79 Å². The van der Waals surface area contributed by atoms with E-state index in [1.165, 1.54) is 6.07 Å². The molecule has 0 bridgehead atoms. The lowest BCUT2D eigenvalue weighted by Gasteiger charge is -2.14. The van der Waals surface area contributed by atoms with E-state index in [0.717, 1.165) is 24.3 Å². The minimum Gasteiger partial charge on any atom is -0.491 e. The number of rotatable bonds is 10. The Kier molecular flexibility index (Phi) is 8.27. The molecule has 2 aromatic rings. The summed E-state index contributed by atoms with van der Waals surface area (Å²) in [7, 11) is 0. The van der Waals surface area contributed by atoms with Crippen molar-refractivity contribution in [3.05, 3.63) is 59.9 Å². The van der Waals surface area contributed by atoms with E-state index in [1.807, 2.05) is 44.2 Å². The Hall–Kier alpha value is -3.09. The van der Waals surface area contributed by atoms with Gasteiger partial charge in [-0.15, -0.1) is 0 Å².